The number of rotatable bonds is 4. The number of carbonyl (C=O) groups is 1. The second kappa shape index (κ2) is 6.34. The number of hydrogen-bond acceptors (Lipinski definition) is 4. The summed E-state index contributed by atoms with van der Waals surface area (Å²) in [7, 11) is 1.43. The second-order valence-corrected chi connectivity index (χ2v) is 5.95. The van der Waals surface area contributed by atoms with Crippen LogP contribution >= 0.6 is 0 Å². The number of aromatic nitrogens is 1. The van der Waals surface area contributed by atoms with E-state index in [2.05, 4.69) is 16.4 Å². The lowest BCUT2D eigenvalue weighted by Gasteiger charge is -2.20. The maximum atomic E-state index is 11.8. The van der Waals surface area contributed by atoms with Crippen LogP contribution in [-0.2, 0) is 16.0 Å². The summed E-state index contributed by atoms with van der Waals surface area (Å²) >= 11 is 0. The van der Waals surface area contributed by atoms with Gasteiger partial charge in [0.05, 0.1) is 19.0 Å². The van der Waals surface area contributed by atoms with Gasteiger partial charge in [0.15, 0.2) is 0 Å². The zero-order valence-corrected chi connectivity index (χ0v) is 13.2. The van der Waals surface area contributed by atoms with Crippen molar-refractivity contribution in [2.45, 2.75) is 45.1 Å². The summed E-state index contributed by atoms with van der Waals surface area (Å²) in [5.74, 6) is -0.227. The van der Waals surface area contributed by atoms with E-state index in [0.717, 1.165) is 27.8 Å². The largest absolute Gasteiger partial charge is 0.469 e. The molecule has 0 amide bonds. The molecule has 1 fully saturated rings. The third kappa shape index (κ3) is 2.91. The summed E-state index contributed by atoms with van der Waals surface area (Å²) in [5.41, 5.74) is 3.87. The van der Waals surface area contributed by atoms with Gasteiger partial charge in [-0.1, -0.05) is 31.0 Å². The summed E-state index contributed by atoms with van der Waals surface area (Å²) in [4.78, 5) is 16.4. The molecule has 3 rings (SSSR count). The lowest BCUT2D eigenvalue weighted by molar-refractivity contribution is -0.139. The van der Waals surface area contributed by atoms with E-state index < -0.39 is 0 Å². The van der Waals surface area contributed by atoms with Crippen molar-refractivity contribution >= 4 is 22.6 Å². The first kappa shape index (κ1) is 14.8. The SMILES string of the molecule is COC(=O)Cc1c(C)nc2ccccc2c1NC1CCCC1. The number of para-hydroxylation sites is 1. The molecule has 0 spiro atoms. The van der Waals surface area contributed by atoms with Gasteiger partial charge in [-0.05, 0) is 25.8 Å². The molecule has 4 heteroatoms. The maximum absolute atomic E-state index is 11.8. The molecule has 22 heavy (non-hydrogen) atoms. The Kier molecular flexibility index (Phi) is 4.27. The molecule has 116 valence electrons. The molecule has 2 aromatic rings. The predicted octanol–water partition coefficient (Wildman–Crippen LogP) is 3.61. The highest BCUT2D eigenvalue weighted by Gasteiger charge is 2.20. The van der Waals surface area contributed by atoms with Crippen molar-refractivity contribution in [3.63, 3.8) is 0 Å². The van der Waals surface area contributed by atoms with Crippen molar-refractivity contribution in [1.82, 2.24) is 4.98 Å². The first-order valence-electron chi connectivity index (χ1n) is 7.90. The molecule has 1 N–H and O–H groups in total. The van der Waals surface area contributed by atoms with Gasteiger partial charge in [0.25, 0.3) is 0 Å². The quantitative estimate of drug-likeness (QED) is 0.876. The van der Waals surface area contributed by atoms with Crippen LogP contribution in [0.2, 0.25) is 0 Å². The highest BCUT2D eigenvalue weighted by molar-refractivity contribution is 5.95. The third-order valence-electron chi connectivity index (χ3n) is 4.45. The molecule has 4 nitrogen and oxygen atoms in total. The molecule has 1 aliphatic carbocycles. The van der Waals surface area contributed by atoms with Gasteiger partial charge in [0, 0.05) is 28.4 Å². The maximum Gasteiger partial charge on any atom is 0.310 e. The van der Waals surface area contributed by atoms with E-state index in [-0.39, 0.29) is 12.4 Å². The summed E-state index contributed by atoms with van der Waals surface area (Å²) < 4.78 is 4.85. The van der Waals surface area contributed by atoms with Crippen LogP contribution in [0, 0.1) is 6.92 Å². The second-order valence-electron chi connectivity index (χ2n) is 5.95. The topological polar surface area (TPSA) is 51.2 Å². The molecule has 0 radical (unpaired) electrons. The average Bonchev–Trinajstić information content (AvgIpc) is 3.03. The number of fused-ring (bicyclic) bond motifs is 1. The average molecular weight is 298 g/mol. The standard InChI is InChI=1S/C18H22N2O2/c1-12-15(11-17(21)22-2)18(20-13-7-3-4-8-13)14-9-5-6-10-16(14)19-12/h5-6,9-10,13H,3-4,7-8,11H2,1-2H3,(H,19,20). The van der Waals surface area contributed by atoms with E-state index in [9.17, 15) is 4.79 Å². The van der Waals surface area contributed by atoms with Crippen molar-refractivity contribution in [3.05, 3.63) is 35.5 Å². The number of nitrogens with one attached hydrogen (secondary N) is 1. The Balaban J connectivity index is 2.09. The van der Waals surface area contributed by atoms with E-state index in [1.54, 1.807) is 0 Å². The Hall–Kier alpha value is -2.10. The fourth-order valence-electron chi connectivity index (χ4n) is 3.25. The molecule has 1 aliphatic rings. The third-order valence-corrected chi connectivity index (χ3v) is 4.45. The fraction of sp³-hybridized carbons (Fsp3) is 0.444. The fourth-order valence-corrected chi connectivity index (χ4v) is 3.25. The summed E-state index contributed by atoms with van der Waals surface area (Å²) in [6.45, 7) is 1.96. The van der Waals surface area contributed by atoms with E-state index in [1.165, 1.54) is 32.8 Å². The number of ether oxygens (including phenoxy) is 1. The van der Waals surface area contributed by atoms with Gasteiger partial charge >= 0.3 is 5.97 Å². The van der Waals surface area contributed by atoms with Gasteiger partial charge < -0.3 is 10.1 Å². The molecule has 0 atom stereocenters. The highest BCUT2D eigenvalue weighted by atomic mass is 16.5. The summed E-state index contributed by atoms with van der Waals surface area (Å²) in [5, 5.41) is 4.76. The van der Waals surface area contributed by atoms with Crippen LogP contribution in [0.1, 0.15) is 36.9 Å². The number of carbonyl (C=O) groups excluding carboxylic acids is 1. The number of esters is 1. The summed E-state index contributed by atoms with van der Waals surface area (Å²) in [6, 6.07) is 8.58. The normalized spacial score (nSPS) is 15.2. The smallest absolute Gasteiger partial charge is 0.310 e. The van der Waals surface area contributed by atoms with Gasteiger partial charge in [-0.2, -0.15) is 0 Å². The number of methoxy groups -OCH3 is 1. The number of hydrogen-bond donors (Lipinski definition) is 1. The van der Waals surface area contributed by atoms with Crippen LogP contribution in [0.4, 0.5) is 5.69 Å². The molecule has 0 unspecified atom stereocenters. The number of pyridine rings is 1. The molecule has 0 saturated heterocycles. The number of nitrogens with zero attached hydrogens (tertiary/aromatic N) is 1. The van der Waals surface area contributed by atoms with Crippen LogP contribution in [0.5, 0.6) is 0 Å². The van der Waals surface area contributed by atoms with Crippen LogP contribution < -0.4 is 5.32 Å². The first-order valence-corrected chi connectivity index (χ1v) is 7.90. The van der Waals surface area contributed by atoms with Crippen molar-refractivity contribution in [2.75, 3.05) is 12.4 Å². The van der Waals surface area contributed by atoms with Gasteiger partial charge in [-0.25, -0.2) is 0 Å². The van der Waals surface area contributed by atoms with Crippen LogP contribution in [-0.4, -0.2) is 24.1 Å². The van der Waals surface area contributed by atoms with Crippen molar-refractivity contribution in [2.24, 2.45) is 0 Å². The zero-order valence-electron chi connectivity index (χ0n) is 13.2. The summed E-state index contributed by atoms with van der Waals surface area (Å²) in [6.07, 6.45) is 5.17. The molecule has 1 aromatic carbocycles. The Morgan fingerprint density at radius 1 is 1.32 bits per heavy atom. The van der Waals surface area contributed by atoms with Gasteiger partial charge in [0.1, 0.15) is 0 Å². The lowest BCUT2D eigenvalue weighted by Crippen LogP contribution is -2.18. The van der Waals surface area contributed by atoms with Crippen molar-refractivity contribution in [1.29, 1.82) is 0 Å². The van der Waals surface area contributed by atoms with Crippen molar-refractivity contribution in [3.8, 4) is 0 Å². The molecule has 1 heterocycles. The molecule has 0 aliphatic heterocycles. The van der Waals surface area contributed by atoms with Gasteiger partial charge in [-0.15, -0.1) is 0 Å². The van der Waals surface area contributed by atoms with Crippen LogP contribution in [0.25, 0.3) is 10.9 Å². The first-order chi connectivity index (χ1) is 10.7. The van der Waals surface area contributed by atoms with E-state index in [4.69, 9.17) is 4.74 Å². The van der Waals surface area contributed by atoms with E-state index >= 15 is 0 Å². The Labute approximate surface area is 130 Å². The Morgan fingerprint density at radius 2 is 2.05 bits per heavy atom. The van der Waals surface area contributed by atoms with Crippen LogP contribution in [0.3, 0.4) is 0 Å². The predicted molar refractivity (Wildman–Crippen MR) is 88.1 cm³/mol. The number of aryl methyl sites for hydroxylation is 1. The highest BCUT2D eigenvalue weighted by Crippen LogP contribution is 2.32. The van der Waals surface area contributed by atoms with Crippen molar-refractivity contribution < 1.29 is 9.53 Å². The minimum absolute atomic E-state index is 0.227. The van der Waals surface area contributed by atoms with Gasteiger partial charge in [0.2, 0.25) is 0 Å². The van der Waals surface area contributed by atoms with E-state index in [0.29, 0.717) is 6.04 Å². The lowest BCUT2D eigenvalue weighted by atomic mass is 10.0. The molecule has 1 aromatic heterocycles. The molecular formula is C18H22N2O2. The zero-order chi connectivity index (χ0) is 15.5. The Bertz CT molecular complexity index is 691. The van der Waals surface area contributed by atoms with Crippen LogP contribution in [0.15, 0.2) is 24.3 Å². The Morgan fingerprint density at radius 3 is 2.77 bits per heavy atom. The van der Waals surface area contributed by atoms with Gasteiger partial charge in [-0.3, -0.25) is 9.78 Å². The minimum atomic E-state index is -0.227. The minimum Gasteiger partial charge on any atom is -0.469 e. The van der Waals surface area contributed by atoms with E-state index in [1.807, 2.05) is 25.1 Å². The molecular weight excluding hydrogens is 276 g/mol. The number of anilines is 1. The monoisotopic (exact) mass is 298 g/mol. The molecule has 1 saturated carbocycles. The number of benzene rings is 1. The molecule has 0 bridgehead atoms.